The first kappa shape index (κ1) is 16.3. The summed E-state index contributed by atoms with van der Waals surface area (Å²) in [4.78, 5) is 0. The lowest BCUT2D eigenvalue weighted by atomic mass is 9.69. The Kier molecular flexibility index (Phi) is 6.31. The van der Waals surface area contributed by atoms with Crippen molar-refractivity contribution in [1.82, 2.24) is 0 Å². The maximum absolute atomic E-state index is 5.98. The molecule has 0 bridgehead atoms. The molecule has 118 valence electrons. The fourth-order valence-corrected chi connectivity index (χ4v) is 3.42. The third-order valence-electron chi connectivity index (χ3n) is 5.36. The molecule has 0 aromatic heterocycles. The van der Waals surface area contributed by atoms with Crippen molar-refractivity contribution in [1.29, 1.82) is 0 Å². The highest BCUT2D eigenvalue weighted by Crippen LogP contribution is 2.46. The molecule has 2 rings (SSSR count). The first-order valence-electron chi connectivity index (χ1n) is 8.57. The van der Waals surface area contributed by atoms with Crippen LogP contribution in [0.4, 0.5) is 0 Å². The lowest BCUT2D eigenvalue weighted by Gasteiger charge is -2.55. The molecule has 2 saturated heterocycles. The third kappa shape index (κ3) is 3.37. The zero-order valence-corrected chi connectivity index (χ0v) is 13.5. The minimum absolute atomic E-state index is 0.239. The molecule has 0 aromatic rings. The Bertz CT molecular complexity index is 273. The van der Waals surface area contributed by atoms with Crippen LogP contribution in [0.3, 0.4) is 0 Å². The second kappa shape index (κ2) is 7.77. The average molecular weight is 284 g/mol. The van der Waals surface area contributed by atoms with Crippen molar-refractivity contribution >= 4 is 0 Å². The van der Waals surface area contributed by atoms with Gasteiger partial charge in [-0.3, -0.25) is 0 Å². The maximum atomic E-state index is 5.98. The van der Waals surface area contributed by atoms with Crippen LogP contribution in [0.2, 0.25) is 0 Å². The van der Waals surface area contributed by atoms with Crippen LogP contribution in [-0.4, -0.2) is 38.6 Å². The Morgan fingerprint density at radius 1 is 1.25 bits per heavy atom. The molecule has 3 heteroatoms. The molecule has 0 amide bonds. The van der Waals surface area contributed by atoms with E-state index in [1.807, 2.05) is 0 Å². The first-order chi connectivity index (χ1) is 9.76. The summed E-state index contributed by atoms with van der Waals surface area (Å²) < 4.78 is 17.5. The van der Waals surface area contributed by atoms with E-state index in [9.17, 15) is 0 Å². The zero-order valence-electron chi connectivity index (χ0n) is 13.5. The lowest BCUT2D eigenvalue weighted by Crippen LogP contribution is -2.63. The van der Waals surface area contributed by atoms with E-state index in [1.54, 1.807) is 0 Å². The van der Waals surface area contributed by atoms with Crippen molar-refractivity contribution < 1.29 is 14.2 Å². The van der Waals surface area contributed by atoms with Gasteiger partial charge in [0.15, 0.2) is 0 Å². The van der Waals surface area contributed by atoms with Gasteiger partial charge in [0.25, 0.3) is 0 Å². The SMILES string of the molecule is CCCCC(CC)COCC1OCC1(CC)C1CCO1. The topological polar surface area (TPSA) is 27.7 Å². The minimum Gasteiger partial charge on any atom is -0.378 e. The van der Waals surface area contributed by atoms with Gasteiger partial charge in [0.1, 0.15) is 0 Å². The van der Waals surface area contributed by atoms with Gasteiger partial charge < -0.3 is 14.2 Å². The second-order valence-corrected chi connectivity index (χ2v) is 6.49. The molecule has 0 radical (unpaired) electrons. The monoisotopic (exact) mass is 284 g/mol. The van der Waals surface area contributed by atoms with Gasteiger partial charge in [0.2, 0.25) is 0 Å². The van der Waals surface area contributed by atoms with Crippen LogP contribution in [-0.2, 0) is 14.2 Å². The van der Waals surface area contributed by atoms with Gasteiger partial charge in [-0.15, -0.1) is 0 Å². The van der Waals surface area contributed by atoms with Crippen molar-refractivity contribution in [2.75, 3.05) is 26.4 Å². The van der Waals surface area contributed by atoms with E-state index in [1.165, 1.54) is 32.1 Å². The van der Waals surface area contributed by atoms with E-state index in [2.05, 4.69) is 20.8 Å². The number of hydrogen-bond acceptors (Lipinski definition) is 3. The quantitative estimate of drug-likeness (QED) is 0.610. The summed E-state index contributed by atoms with van der Waals surface area (Å²) in [6.45, 7) is 10.2. The summed E-state index contributed by atoms with van der Waals surface area (Å²) in [7, 11) is 0. The Labute approximate surface area is 124 Å². The highest BCUT2D eigenvalue weighted by atomic mass is 16.6. The number of hydrogen-bond donors (Lipinski definition) is 0. The Morgan fingerprint density at radius 3 is 2.50 bits per heavy atom. The second-order valence-electron chi connectivity index (χ2n) is 6.49. The highest BCUT2D eigenvalue weighted by molar-refractivity contribution is 5.01. The third-order valence-corrected chi connectivity index (χ3v) is 5.36. The summed E-state index contributed by atoms with van der Waals surface area (Å²) in [5, 5.41) is 0. The molecule has 4 unspecified atom stereocenters. The fraction of sp³-hybridized carbons (Fsp3) is 1.00. The van der Waals surface area contributed by atoms with Gasteiger partial charge in [-0.05, 0) is 25.2 Å². The molecule has 4 atom stereocenters. The van der Waals surface area contributed by atoms with E-state index < -0.39 is 0 Å². The first-order valence-corrected chi connectivity index (χ1v) is 8.57. The molecular formula is C17H32O3. The fourth-order valence-electron chi connectivity index (χ4n) is 3.42. The van der Waals surface area contributed by atoms with E-state index in [-0.39, 0.29) is 11.5 Å². The Hall–Kier alpha value is -0.120. The van der Waals surface area contributed by atoms with Crippen LogP contribution in [0.25, 0.3) is 0 Å². The molecule has 0 aliphatic carbocycles. The highest BCUT2D eigenvalue weighted by Gasteiger charge is 2.55. The van der Waals surface area contributed by atoms with E-state index in [4.69, 9.17) is 14.2 Å². The predicted molar refractivity (Wildman–Crippen MR) is 80.9 cm³/mol. The van der Waals surface area contributed by atoms with Gasteiger partial charge >= 0.3 is 0 Å². The standard InChI is InChI=1S/C17H32O3/c1-4-7-8-14(5-2)11-18-12-16-17(6-3,13-20-16)15-9-10-19-15/h14-16H,4-13H2,1-3H3. The van der Waals surface area contributed by atoms with Crippen molar-refractivity contribution in [2.45, 2.75) is 71.5 Å². The summed E-state index contributed by atoms with van der Waals surface area (Å²) in [6.07, 6.45) is 8.11. The van der Waals surface area contributed by atoms with Crippen LogP contribution in [0.15, 0.2) is 0 Å². The van der Waals surface area contributed by atoms with Gasteiger partial charge in [0, 0.05) is 18.6 Å². The van der Waals surface area contributed by atoms with Gasteiger partial charge in [-0.25, -0.2) is 0 Å². The molecular weight excluding hydrogens is 252 g/mol. The molecule has 3 nitrogen and oxygen atoms in total. The summed E-state index contributed by atoms with van der Waals surface area (Å²) >= 11 is 0. The molecule has 0 N–H and O–H groups in total. The van der Waals surface area contributed by atoms with Crippen LogP contribution in [0, 0.1) is 11.3 Å². The molecule has 2 aliphatic heterocycles. The van der Waals surface area contributed by atoms with Crippen LogP contribution >= 0.6 is 0 Å². The van der Waals surface area contributed by atoms with Gasteiger partial charge in [-0.2, -0.15) is 0 Å². The molecule has 2 aliphatic rings. The zero-order chi connectivity index (χ0) is 14.4. The van der Waals surface area contributed by atoms with Crippen LogP contribution < -0.4 is 0 Å². The average Bonchev–Trinajstić information content (AvgIpc) is 2.40. The van der Waals surface area contributed by atoms with Crippen LogP contribution in [0.5, 0.6) is 0 Å². The molecule has 0 saturated carbocycles. The summed E-state index contributed by atoms with van der Waals surface area (Å²) in [6, 6.07) is 0. The molecule has 20 heavy (non-hydrogen) atoms. The summed E-state index contributed by atoms with van der Waals surface area (Å²) in [5.41, 5.74) is 0.239. The van der Waals surface area contributed by atoms with E-state index >= 15 is 0 Å². The predicted octanol–water partition coefficient (Wildman–Crippen LogP) is 3.80. The van der Waals surface area contributed by atoms with Crippen molar-refractivity contribution in [3.63, 3.8) is 0 Å². The largest absolute Gasteiger partial charge is 0.378 e. The van der Waals surface area contributed by atoms with Gasteiger partial charge in [0.05, 0.1) is 25.4 Å². The van der Waals surface area contributed by atoms with E-state index in [0.717, 1.165) is 32.8 Å². The van der Waals surface area contributed by atoms with Crippen LogP contribution in [0.1, 0.15) is 59.3 Å². The van der Waals surface area contributed by atoms with Crippen molar-refractivity contribution in [2.24, 2.45) is 11.3 Å². The van der Waals surface area contributed by atoms with Gasteiger partial charge in [-0.1, -0.05) is 40.0 Å². The number of rotatable bonds is 10. The number of ether oxygens (including phenoxy) is 3. The maximum Gasteiger partial charge on any atom is 0.0911 e. The summed E-state index contributed by atoms with van der Waals surface area (Å²) in [5.74, 6) is 0.714. The minimum atomic E-state index is 0.239. The smallest absolute Gasteiger partial charge is 0.0911 e. The lowest BCUT2D eigenvalue weighted by molar-refractivity contribution is -0.283. The normalized spacial score (nSPS) is 34.4. The Morgan fingerprint density at radius 2 is 2.05 bits per heavy atom. The molecule has 0 aromatic carbocycles. The van der Waals surface area contributed by atoms with E-state index in [0.29, 0.717) is 12.0 Å². The van der Waals surface area contributed by atoms with Crippen molar-refractivity contribution in [3.8, 4) is 0 Å². The Balaban J connectivity index is 1.70. The number of unbranched alkanes of at least 4 members (excludes halogenated alkanes) is 1. The van der Waals surface area contributed by atoms with Crippen molar-refractivity contribution in [3.05, 3.63) is 0 Å². The molecule has 2 fully saturated rings. The molecule has 2 heterocycles. The molecule has 0 spiro atoms.